The van der Waals surface area contributed by atoms with E-state index in [2.05, 4.69) is 31.0 Å². The Labute approximate surface area is 164 Å². The molecule has 3 aromatic carbocycles. The van der Waals surface area contributed by atoms with Crippen molar-refractivity contribution in [2.24, 2.45) is 4.99 Å². The number of ether oxygens (including phenoxy) is 1. The van der Waals surface area contributed by atoms with Crippen molar-refractivity contribution < 1.29 is 4.74 Å². The lowest BCUT2D eigenvalue weighted by Gasteiger charge is -2.09. The highest BCUT2D eigenvalue weighted by atomic mass is 35.5. The highest BCUT2D eigenvalue weighted by molar-refractivity contribution is 6.32. The van der Waals surface area contributed by atoms with Crippen molar-refractivity contribution in [1.29, 1.82) is 0 Å². The van der Waals surface area contributed by atoms with E-state index in [1.165, 1.54) is 5.56 Å². The Morgan fingerprint density at radius 2 is 1.81 bits per heavy atom. The van der Waals surface area contributed by atoms with Gasteiger partial charge in [-0.2, -0.15) is 0 Å². The molecule has 0 saturated carbocycles. The lowest BCUT2D eigenvalue weighted by Crippen LogP contribution is -1.96. The van der Waals surface area contributed by atoms with Crippen LogP contribution in [0.25, 0.3) is 0 Å². The van der Waals surface area contributed by atoms with Gasteiger partial charge < -0.3 is 4.74 Å². The molecular formula is C22H19Cl2NO. The predicted octanol–water partition coefficient (Wildman–Crippen LogP) is 6.94. The fraction of sp³-hybridized carbons (Fsp3) is 0.136. The van der Waals surface area contributed by atoms with Crippen molar-refractivity contribution >= 4 is 35.1 Å². The average molecular weight is 384 g/mol. The topological polar surface area (TPSA) is 21.6 Å². The van der Waals surface area contributed by atoms with E-state index in [0.717, 1.165) is 22.4 Å². The third-order valence-electron chi connectivity index (χ3n) is 3.94. The molecule has 0 aliphatic carbocycles. The van der Waals surface area contributed by atoms with Crippen LogP contribution in [0.15, 0.2) is 65.7 Å². The Kier molecular flexibility index (Phi) is 5.97. The first-order chi connectivity index (χ1) is 12.5. The normalized spacial score (nSPS) is 11.1. The molecule has 0 radical (unpaired) electrons. The van der Waals surface area contributed by atoms with E-state index in [9.17, 15) is 0 Å². The number of benzene rings is 3. The van der Waals surface area contributed by atoms with Crippen LogP contribution < -0.4 is 4.74 Å². The molecule has 0 unspecified atom stereocenters. The molecule has 3 aromatic rings. The van der Waals surface area contributed by atoms with Crippen molar-refractivity contribution in [1.82, 2.24) is 0 Å². The van der Waals surface area contributed by atoms with Crippen LogP contribution >= 0.6 is 23.2 Å². The molecule has 0 fully saturated rings. The fourth-order valence-electron chi connectivity index (χ4n) is 2.60. The number of rotatable bonds is 5. The van der Waals surface area contributed by atoms with E-state index in [4.69, 9.17) is 27.9 Å². The summed E-state index contributed by atoms with van der Waals surface area (Å²) in [4.78, 5) is 4.55. The highest BCUT2D eigenvalue weighted by Crippen LogP contribution is 2.27. The minimum absolute atomic E-state index is 0.413. The zero-order valence-electron chi connectivity index (χ0n) is 14.7. The lowest BCUT2D eigenvalue weighted by molar-refractivity contribution is 0.306. The van der Waals surface area contributed by atoms with Gasteiger partial charge in [0.05, 0.1) is 10.7 Å². The zero-order chi connectivity index (χ0) is 18.5. The monoisotopic (exact) mass is 383 g/mol. The van der Waals surface area contributed by atoms with Crippen molar-refractivity contribution in [3.8, 4) is 5.75 Å². The molecule has 0 amide bonds. The maximum Gasteiger partial charge on any atom is 0.138 e. The summed E-state index contributed by atoms with van der Waals surface area (Å²) in [7, 11) is 0. The van der Waals surface area contributed by atoms with Gasteiger partial charge in [0.1, 0.15) is 12.4 Å². The van der Waals surface area contributed by atoms with Crippen LogP contribution in [-0.2, 0) is 6.61 Å². The van der Waals surface area contributed by atoms with Crippen LogP contribution in [0.1, 0.15) is 22.3 Å². The largest absolute Gasteiger partial charge is 0.487 e. The quantitative estimate of drug-likeness (QED) is 0.437. The van der Waals surface area contributed by atoms with E-state index in [1.807, 2.05) is 54.7 Å². The molecule has 2 nitrogen and oxygen atoms in total. The Bertz CT molecular complexity index is 951. The molecule has 3 rings (SSSR count). The Morgan fingerprint density at radius 3 is 2.54 bits per heavy atom. The summed E-state index contributed by atoms with van der Waals surface area (Å²) in [6.07, 6.45) is 1.81. The number of hydrogen-bond donors (Lipinski definition) is 0. The summed E-state index contributed by atoms with van der Waals surface area (Å²) in [6, 6.07) is 19.4. The van der Waals surface area contributed by atoms with Crippen LogP contribution in [0.4, 0.5) is 5.69 Å². The van der Waals surface area contributed by atoms with Crippen molar-refractivity contribution in [3.63, 3.8) is 0 Å². The molecule has 26 heavy (non-hydrogen) atoms. The van der Waals surface area contributed by atoms with Gasteiger partial charge in [-0.3, -0.25) is 4.99 Å². The molecule has 132 valence electrons. The molecule has 4 heteroatoms. The van der Waals surface area contributed by atoms with Crippen LogP contribution in [0, 0.1) is 13.8 Å². The molecule has 0 aliphatic rings. The summed E-state index contributed by atoms with van der Waals surface area (Å²) >= 11 is 12.3. The number of halogens is 2. The maximum absolute atomic E-state index is 6.35. The summed E-state index contributed by atoms with van der Waals surface area (Å²) in [6.45, 7) is 4.54. The van der Waals surface area contributed by atoms with Gasteiger partial charge in [0.2, 0.25) is 0 Å². The van der Waals surface area contributed by atoms with Gasteiger partial charge in [0, 0.05) is 11.2 Å². The van der Waals surface area contributed by atoms with E-state index >= 15 is 0 Å². The lowest BCUT2D eigenvalue weighted by atomic mass is 10.1. The van der Waals surface area contributed by atoms with Gasteiger partial charge >= 0.3 is 0 Å². The number of aryl methyl sites for hydroxylation is 2. The molecule has 0 aromatic heterocycles. The molecule has 0 saturated heterocycles. The average Bonchev–Trinajstić information content (AvgIpc) is 2.60. The molecule has 0 heterocycles. The van der Waals surface area contributed by atoms with Crippen LogP contribution in [0.3, 0.4) is 0 Å². The van der Waals surface area contributed by atoms with Gasteiger partial charge in [-0.05, 0) is 66.9 Å². The molecule has 0 bridgehead atoms. The number of hydrogen-bond acceptors (Lipinski definition) is 2. The minimum Gasteiger partial charge on any atom is -0.487 e. The van der Waals surface area contributed by atoms with E-state index in [1.54, 1.807) is 0 Å². The van der Waals surface area contributed by atoms with Gasteiger partial charge in [-0.1, -0.05) is 53.0 Å². The first-order valence-corrected chi connectivity index (χ1v) is 9.05. The minimum atomic E-state index is 0.413. The summed E-state index contributed by atoms with van der Waals surface area (Å²) in [5, 5.41) is 1.24. The predicted molar refractivity (Wildman–Crippen MR) is 110 cm³/mol. The third-order valence-corrected chi connectivity index (χ3v) is 4.47. The maximum atomic E-state index is 6.35. The second-order valence-electron chi connectivity index (χ2n) is 6.16. The SMILES string of the molecule is Cc1ccc(N=Cc2ccc(OCc3cccc(Cl)c3)c(Cl)c2)c(C)c1. The van der Waals surface area contributed by atoms with Crippen LogP contribution in [0.2, 0.25) is 10.0 Å². The molecule has 0 aliphatic heterocycles. The van der Waals surface area contributed by atoms with E-state index < -0.39 is 0 Å². The van der Waals surface area contributed by atoms with Crippen molar-refractivity contribution in [2.75, 3.05) is 0 Å². The van der Waals surface area contributed by atoms with Gasteiger partial charge in [0.15, 0.2) is 0 Å². The van der Waals surface area contributed by atoms with Crippen LogP contribution in [-0.4, -0.2) is 6.21 Å². The summed E-state index contributed by atoms with van der Waals surface area (Å²) in [5.74, 6) is 0.635. The second kappa shape index (κ2) is 8.39. The van der Waals surface area contributed by atoms with Crippen molar-refractivity contribution in [2.45, 2.75) is 20.5 Å². The van der Waals surface area contributed by atoms with Gasteiger partial charge in [0.25, 0.3) is 0 Å². The Balaban J connectivity index is 1.70. The highest BCUT2D eigenvalue weighted by Gasteiger charge is 2.04. The number of aliphatic imine (C=N–C) groups is 1. The zero-order valence-corrected chi connectivity index (χ0v) is 16.2. The van der Waals surface area contributed by atoms with Gasteiger partial charge in [-0.15, -0.1) is 0 Å². The fourth-order valence-corrected chi connectivity index (χ4v) is 3.05. The van der Waals surface area contributed by atoms with Crippen molar-refractivity contribution in [3.05, 3.63) is 93.0 Å². The second-order valence-corrected chi connectivity index (χ2v) is 7.00. The molecule has 0 N–H and O–H groups in total. The van der Waals surface area contributed by atoms with Crippen LogP contribution in [0.5, 0.6) is 5.75 Å². The Hall–Kier alpha value is -2.29. The van der Waals surface area contributed by atoms with E-state index in [0.29, 0.717) is 22.4 Å². The summed E-state index contributed by atoms with van der Waals surface area (Å²) in [5.41, 5.74) is 5.24. The summed E-state index contributed by atoms with van der Waals surface area (Å²) < 4.78 is 5.79. The standard InChI is InChI=1S/C22H19Cl2NO/c1-15-6-8-21(16(2)10-15)25-13-17-7-9-22(20(24)12-17)26-14-18-4-3-5-19(23)11-18/h3-13H,14H2,1-2H3. The smallest absolute Gasteiger partial charge is 0.138 e. The third kappa shape index (κ3) is 4.87. The van der Waals surface area contributed by atoms with Gasteiger partial charge in [-0.25, -0.2) is 0 Å². The molecule has 0 spiro atoms. The van der Waals surface area contributed by atoms with E-state index in [-0.39, 0.29) is 0 Å². The Morgan fingerprint density at radius 1 is 0.962 bits per heavy atom. The molecule has 0 atom stereocenters. The molecular weight excluding hydrogens is 365 g/mol. The first kappa shape index (κ1) is 18.5. The first-order valence-electron chi connectivity index (χ1n) is 8.29. The number of nitrogens with zero attached hydrogens (tertiary/aromatic N) is 1.